The SMILES string of the molecule is CCC(C)(C)NC(=O)[C@H](c1ccc(OC)cc1OC)N(C(=O)Cn1nnc2ccccc21)c1cc(C)ccc1OC. The lowest BCUT2D eigenvalue weighted by Crippen LogP contribution is -2.51. The molecular weight excluding hydrogens is 522 g/mol. The maximum absolute atomic E-state index is 14.4. The Morgan fingerprint density at radius 3 is 2.39 bits per heavy atom. The number of carbonyl (C=O) groups excluding carboxylic acids is 2. The summed E-state index contributed by atoms with van der Waals surface area (Å²) in [5, 5.41) is 11.6. The van der Waals surface area contributed by atoms with E-state index in [9.17, 15) is 9.59 Å². The van der Waals surface area contributed by atoms with Crippen molar-refractivity contribution in [2.75, 3.05) is 26.2 Å². The number of fused-ring (bicyclic) bond motifs is 1. The zero-order valence-electron chi connectivity index (χ0n) is 24.6. The number of hydrogen-bond donors (Lipinski definition) is 1. The average molecular weight is 560 g/mol. The van der Waals surface area contributed by atoms with Gasteiger partial charge < -0.3 is 19.5 Å². The molecule has 3 aromatic carbocycles. The number of benzene rings is 3. The van der Waals surface area contributed by atoms with E-state index in [1.807, 2.05) is 64.1 Å². The van der Waals surface area contributed by atoms with Crippen LogP contribution < -0.4 is 24.4 Å². The second-order valence-electron chi connectivity index (χ2n) is 10.4. The van der Waals surface area contributed by atoms with Crippen molar-refractivity contribution in [2.24, 2.45) is 0 Å². The number of methoxy groups -OCH3 is 3. The summed E-state index contributed by atoms with van der Waals surface area (Å²) in [5.74, 6) is 0.623. The number of amides is 2. The zero-order valence-corrected chi connectivity index (χ0v) is 24.6. The van der Waals surface area contributed by atoms with Crippen molar-refractivity contribution >= 4 is 28.5 Å². The molecule has 0 unspecified atom stereocenters. The molecule has 1 aromatic heterocycles. The van der Waals surface area contributed by atoms with Gasteiger partial charge in [-0.1, -0.05) is 30.3 Å². The summed E-state index contributed by atoms with van der Waals surface area (Å²) >= 11 is 0. The van der Waals surface area contributed by atoms with Crippen LogP contribution in [0.3, 0.4) is 0 Å². The van der Waals surface area contributed by atoms with Gasteiger partial charge in [-0.2, -0.15) is 0 Å². The predicted molar refractivity (Wildman–Crippen MR) is 158 cm³/mol. The Bertz CT molecular complexity index is 1550. The summed E-state index contributed by atoms with van der Waals surface area (Å²) in [5.41, 5.74) is 2.64. The Balaban J connectivity index is 1.95. The molecule has 0 spiro atoms. The number of rotatable bonds is 11. The minimum atomic E-state index is -1.13. The van der Waals surface area contributed by atoms with E-state index in [0.29, 0.717) is 46.0 Å². The van der Waals surface area contributed by atoms with Crippen LogP contribution in [0.1, 0.15) is 44.4 Å². The Labute approximate surface area is 240 Å². The molecule has 0 aliphatic carbocycles. The smallest absolute Gasteiger partial charge is 0.249 e. The molecule has 2 amide bonds. The molecule has 0 radical (unpaired) electrons. The number of ether oxygens (including phenoxy) is 3. The van der Waals surface area contributed by atoms with Gasteiger partial charge in [0.25, 0.3) is 0 Å². The van der Waals surface area contributed by atoms with Crippen LogP contribution in [-0.4, -0.2) is 53.7 Å². The van der Waals surface area contributed by atoms with Gasteiger partial charge in [-0.25, -0.2) is 4.68 Å². The van der Waals surface area contributed by atoms with E-state index >= 15 is 0 Å². The number of hydrogen-bond acceptors (Lipinski definition) is 7. The third kappa shape index (κ3) is 6.26. The number of carbonyl (C=O) groups is 2. The van der Waals surface area contributed by atoms with E-state index in [1.54, 1.807) is 31.4 Å². The Hall–Kier alpha value is -4.60. The van der Waals surface area contributed by atoms with E-state index in [2.05, 4.69) is 15.6 Å². The number of para-hydroxylation sites is 1. The summed E-state index contributed by atoms with van der Waals surface area (Å²) in [4.78, 5) is 30.2. The van der Waals surface area contributed by atoms with Crippen molar-refractivity contribution < 1.29 is 23.8 Å². The van der Waals surface area contributed by atoms with Crippen LogP contribution in [0, 0.1) is 6.92 Å². The summed E-state index contributed by atoms with van der Waals surface area (Å²) in [6.45, 7) is 7.62. The predicted octanol–water partition coefficient (Wildman–Crippen LogP) is 4.84. The largest absolute Gasteiger partial charge is 0.497 e. The first kappa shape index (κ1) is 29.4. The molecular formula is C31H37N5O5. The van der Waals surface area contributed by atoms with Crippen molar-refractivity contribution in [1.82, 2.24) is 20.3 Å². The number of nitrogens with one attached hydrogen (secondary N) is 1. The first-order valence-corrected chi connectivity index (χ1v) is 13.4. The standard InChI is InChI=1S/C31H37N5O5/c1-8-31(3,4)32-30(38)29(22-15-14-21(39-5)18-27(22)41-7)36(25-17-20(2)13-16-26(25)40-6)28(37)19-35-24-12-10-9-11-23(24)33-34-35/h9-18,29H,8,19H2,1-7H3,(H,32,38)/t29-/m0/s1. The van der Waals surface area contributed by atoms with E-state index in [0.717, 1.165) is 5.56 Å². The zero-order chi connectivity index (χ0) is 29.7. The molecule has 0 aliphatic rings. The van der Waals surface area contributed by atoms with Crippen LogP contribution in [0.25, 0.3) is 11.0 Å². The highest BCUT2D eigenvalue weighted by atomic mass is 16.5. The van der Waals surface area contributed by atoms with Gasteiger partial charge in [-0.05, 0) is 69.2 Å². The van der Waals surface area contributed by atoms with Gasteiger partial charge in [0.1, 0.15) is 35.4 Å². The number of aryl methyl sites for hydroxylation is 1. The van der Waals surface area contributed by atoms with Crippen LogP contribution in [0.5, 0.6) is 17.2 Å². The molecule has 1 atom stereocenters. The highest BCUT2D eigenvalue weighted by Gasteiger charge is 2.38. The van der Waals surface area contributed by atoms with E-state index < -0.39 is 17.5 Å². The Kier molecular flexibility index (Phi) is 8.80. The molecule has 10 nitrogen and oxygen atoms in total. The van der Waals surface area contributed by atoms with Gasteiger partial charge in [-0.3, -0.25) is 14.5 Å². The Morgan fingerprint density at radius 1 is 0.976 bits per heavy atom. The summed E-state index contributed by atoms with van der Waals surface area (Å²) < 4.78 is 18.4. The van der Waals surface area contributed by atoms with Crippen molar-refractivity contribution in [1.29, 1.82) is 0 Å². The van der Waals surface area contributed by atoms with Gasteiger partial charge in [0, 0.05) is 17.2 Å². The van der Waals surface area contributed by atoms with Crippen LogP contribution >= 0.6 is 0 Å². The Morgan fingerprint density at radius 2 is 1.71 bits per heavy atom. The number of aromatic nitrogens is 3. The highest BCUT2D eigenvalue weighted by molar-refractivity contribution is 6.03. The summed E-state index contributed by atoms with van der Waals surface area (Å²) in [6.07, 6.45) is 0.678. The van der Waals surface area contributed by atoms with Gasteiger partial charge >= 0.3 is 0 Å². The topological polar surface area (TPSA) is 108 Å². The van der Waals surface area contributed by atoms with Crippen LogP contribution in [-0.2, 0) is 16.1 Å². The first-order valence-electron chi connectivity index (χ1n) is 13.4. The lowest BCUT2D eigenvalue weighted by atomic mass is 9.97. The lowest BCUT2D eigenvalue weighted by Gasteiger charge is -2.35. The minimum absolute atomic E-state index is 0.170. The van der Waals surface area contributed by atoms with Crippen LogP contribution in [0.2, 0.25) is 0 Å². The third-order valence-electron chi connectivity index (χ3n) is 7.16. The molecule has 0 aliphatic heterocycles. The fourth-order valence-electron chi connectivity index (χ4n) is 4.58. The number of nitrogens with zero attached hydrogens (tertiary/aromatic N) is 4. The lowest BCUT2D eigenvalue weighted by molar-refractivity contribution is -0.128. The van der Waals surface area contributed by atoms with E-state index in [4.69, 9.17) is 14.2 Å². The molecule has 0 saturated heterocycles. The van der Waals surface area contributed by atoms with Crippen molar-refractivity contribution in [3.63, 3.8) is 0 Å². The number of anilines is 1. The fourth-order valence-corrected chi connectivity index (χ4v) is 4.58. The van der Waals surface area contributed by atoms with Gasteiger partial charge in [0.2, 0.25) is 11.8 Å². The van der Waals surface area contributed by atoms with Crippen LogP contribution in [0.4, 0.5) is 5.69 Å². The molecule has 0 bridgehead atoms. The van der Waals surface area contributed by atoms with E-state index in [-0.39, 0.29) is 12.5 Å². The van der Waals surface area contributed by atoms with Gasteiger partial charge in [0.05, 0.1) is 32.5 Å². The third-order valence-corrected chi connectivity index (χ3v) is 7.16. The highest BCUT2D eigenvalue weighted by Crippen LogP contribution is 2.40. The van der Waals surface area contributed by atoms with Gasteiger partial charge in [-0.15, -0.1) is 5.10 Å². The molecule has 4 aromatic rings. The molecule has 41 heavy (non-hydrogen) atoms. The normalized spacial score (nSPS) is 12.1. The molecule has 216 valence electrons. The van der Waals surface area contributed by atoms with Gasteiger partial charge in [0.15, 0.2) is 0 Å². The second-order valence-corrected chi connectivity index (χ2v) is 10.4. The summed E-state index contributed by atoms with van der Waals surface area (Å²) in [6, 6.07) is 17.0. The maximum atomic E-state index is 14.4. The molecule has 1 heterocycles. The monoisotopic (exact) mass is 559 g/mol. The molecule has 0 saturated carbocycles. The van der Waals surface area contributed by atoms with E-state index in [1.165, 1.54) is 23.8 Å². The molecule has 0 fully saturated rings. The fraction of sp³-hybridized carbons (Fsp3) is 0.355. The van der Waals surface area contributed by atoms with Crippen molar-refractivity contribution in [2.45, 2.75) is 52.2 Å². The molecule has 10 heteroatoms. The average Bonchev–Trinajstić information content (AvgIpc) is 3.37. The summed E-state index contributed by atoms with van der Waals surface area (Å²) in [7, 11) is 4.60. The van der Waals surface area contributed by atoms with Crippen LogP contribution in [0.15, 0.2) is 60.7 Å². The maximum Gasteiger partial charge on any atom is 0.249 e. The van der Waals surface area contributed by atoms with Crippen molar-refractivity contribution in [3.8, 4) is 17.2 Å². The molecule has 4 rings (SSSR count). The molecule has 1 N–H and O–H groups in total. The minimum Gasteiger partial charge on any atom is -0.497 e. The second kappa shape index (κ2) is 12.3. The quantitative estimate of drug-likeness (QED) is 0.280. The first-order chi connectivity index (χ1) is 19.6. The van der Waals surface area contributed by atoms with Crippen molar-refractivity contribution in [3.05, 3.63) is 71.8 Å².